The van der Waals surface area contributed by atoms with E-state index in [0.29, 0.717) is 41.8 Å². The molecule has 3 aromatic rings. The molecular formula is C26H30ClN7O5. The van der Waals surface area contributed by atoms with Gasteiger partial charge in [-0.1, -0.05) is 11.6 Å². The molecule has 7 rings (SSSR count). The van der Waals surface area contributed by atoms with Gasteiger partial charge in [-0.15, -0.1) is 0 Å². The number of halogens is 1. The first-order valence-corrected chi connectivity index (χ1v) is 13.5. The van der Waals surface area contributed by atoms with E-state index in [1.54, 1.807) is 37.0 Å². The van der Waals surface area contributed by atoms with Crippen molar-refractivity contribution in [2.24, 2.45) is 24.3 Å². The molecule has 4 fully saturated rings. The summed E-state index contributed by atoms with van der Waals surface area (Å²) < 4.78 is 8.55. The number of nitrogens with zero attached hydrogens (tertiary/aromatic N) is 5. The fourth-order valence-corrected chi connectivity index (χ4v) is 8.04. The Bertz CT molecular complexity index is 1450. The van der Waals surface area contributed by atoms with Gasteiger partial charge in [0.1, 0.15) is 5.76 Å². The summed E-state index contributed by atoms with van der Waals surface area (Å²) in [7, 11) is 1.69. The van der Waals surface area contributed by atoms with Crippen LogP contribution in [0.5, 0.6) is 0 Å². The van der Waals surface area contributed by atoms with Crippen LogP contribution in [0.4, 0.5) is 11.5 Å². The molecule has 0 saturated heterocycles. The molecule has 4 saturated carbocycles. The highest BCUT2D eigenvalue weighted by Gasteiger charge is 2.61. The maximum atomic E-state index is 13.5. The van der Waals surface area contributed by atoms with Crippen molar-refractivity contribution in [3.63, 3.8) is 0 Å². The number of anilines is 1. The Morgan fingerprint density at radius 2 is 2.00 bits per heavy atom. The lowest BCUT2D eigenvalue weighted by molar-refractivity contribution is -0.389. The summed E-state index contributed by atoms with van der Waals surface area (Å²) >= 11 is 6.32. The smallest absolute Gasteiger partial charge is 0.408 e. The van der Waals surface area contributed by atoms with Gasteiger partial charge in [0.2, 0.25) is 5.91 Å². The van der Waals surface area contributed by atoms with Crippen molar-refractivity contribution >= 4 is 34.9 Å². The molecule has 2 N–H and O–H groups in total. The van der Waals surface area contributed by atoms with Gasteiger partial charge < -0.3 is 25.2 Å². The summed E-state index contributed by atoms with van der Waals surface area (Å²) in [4.78, 5) is 37.3. The number of rotatable bonds is 8. The number of carbonyl (C=O) groups is 2. The van der Waals surface area contributed by atoms with Gasteiger partial charge in [0.15, 0.2) is 10.7 Å². The molecule has 3 aromatic heterocycles. The Kier molecular flexibility index (Phi) is 6.05. The minimum absolute atomic E-state index is 0.0805. The minimum Gasteiger partial charge on any atom is -0.467 e. The SMILES string of the molecule is Cc1c(Cl)c([N+](=O)[O-])nn1C12CC3CC(CC(CC(=O)Nc4cn(C)nc4C(=O)NCc4ccco4)(C3)C1)C2. The molecule has 0 radical (unpaired) electrons. The molecule has 13 heteroatoms. The number of hydrogen-bond donors (Lipinski definition) is 2. The molecule has 0 aromatic carbocycles. The highest BCUT2D eigenvalue weighted by Crippen LogP contribution is 2.65. The van der Waals surface area contributed by atoms with Crippen molar-refractivity contribution in [1.29, 1.82) is 0 Å². The molecule has 2 atom stereocenters. The quantitative estimate of drug-likeness (QED) is 0.310. The van der Waals surface area contributed by atoms with Gasteiger partial charge in [-0.2, -0.15) is 9.78 Å². The second-order valence-corrected chi connectivity index (χ2v) is 12.0. The van der Waals surface area contributed by atoms with E-state index in [1.165, 1.54) is 10.9 Å². The fraction of sp³-hybridized carbons (Fsp3) is 0.538. The van der Waals surface area contributed by atoms with E-state index in [0.717, 1.165) is 32.1 Å². The van der Waals surface area contributed by atoms with Crippen molar-refractivity contribution in [2.45, 2.75) is 64.0 Å². The van der Waals surface area contributed by atoms with E-state index < -0.39 is 16.4 Å². The first-order chi connectivity index (χ1) is 18.6. The van der Waals surface area contributed by atoms with Crippen molar-refractivity contribution in [2.75, 3.05) is 5.32 Å². The average molecular weight is 556 g/mol. The van der Waals surface area contributed by atoms with Crippen molar-refractivity contribution in [3.8, 4) is 0 Å². The van der Waals surface area contributed by atoms with Crippen molar-refractivity contribution < 1.29 is 18.9 Å². The summed E-state index contributed by atoms with van der Waals surface area (Å²) in [5.41, 5.74) is 0.443. The van der Waals surface area contributed by atoms with Crippen LogP contribution in [0.25, 0.3) is 0 Å². The van der Waals surface area contributed by atoms with Gasteiger partial charge in [0.25, 0.3) is 5.91 Å². The fourth-order valence-electron chi connectivity index (χ4n) is 7.85. The number of amides is 2. The summed E-state index contributed by atoms with van der Waals surface area (Å²) in [5, 5.41) is 25.9. The van der Waals surface area contributed by atoms with E-state index in [4.69, 9.17) is 16.0 Å². The number of carbonyl (C=O) groups excluding carboxylic acids is 2. The summed E-state index contributed by atoms with van der Waals surface area (Å²) in [6.45, 7) is 1.99. The zero-order chi connectivity index (χ0) is 27.5. The van der Waals surface area contributed by atoms with Crippen LogP contribution in [0.1, 0.15) is 66.9 Å². The lowest BCUT2D eigenvalue weighted by Gasteiger charge is -2.61. The zero-order valence-electron chi connectivity index (χ0n) is 21.8. The van der Waals surface area contributed by atoms with Gasteiger partial charge in [0, 0.05) is 19.7 Å². The molecule has 206 valence electrons. The van der Waals surface area contributed by atoms with Gasteiger partial charge in [-0.05, 0) is 79.8 Å². The Labute approximate surface area is 229 Å². The van der Waals surface area contributed by atoms with Crippen molar-refractivity contribution in [1.82, 2.24) is 24.9 Å². The standard InChI is InChI=1S/C26H30ClN7O5/c1-15-21(27)23(34(37)38)31-33(15)26-9-16-6-17(10-26)8-25(7-16,14-26)11-20(35)29-19-13-32(2)30-22(19)24(36)28-12-18-4-3-5-39-18/h3-5,13,16-17H,6-12,14H2,1-2H3,(H,28,36)(H,29,35). The lowest BCUT2D eigenvalue weighted by atomic mass is 9.46. The van der Waals surface area contributed by atoms with Crippen LogP contribution in [-0.2, 0) is 23.9 Å². The van der Waals surface area contributed by atoms with Crippen LogP contribution in [0.15, 0.2) is 29.0 Å². The van der Waals surface area contributed by atoms with Crippen molar-refractivity contribution in [3.05, 3.63) is 56.9 Å². The van der Waals surface area contributed by atoms with Crippen LogP contribution in [0.3, 0.4) is 0 Å². The predicted molar refractivity (Wildman–Crippen MR) is 140 cm³/mol. The zero-order valence-corrected chi connectivity index (χ0v) is 22.5. The largest absolute Gasteiger partial charge is 0.467 e. The lowest BCUT2D eigenvalue weighted by Crippen LogP contribution is -2.57. The minimum atomic E-state index is -0.536. The van der Waals surface area contributed by atoms with Gasteiger partial charge >= 0.3 is 5.82 Å². The molecule has 3 heterocycles. The predicted octanol–water partition coefficient (Wildman–Crippen LogP) is 4.33. The topological polar surface area (TPSA) is 150 Å². The van der Waals surface area contributed by atoms with Crippen LogP contribution in [0, 0.1) is 34.3 Å². The second kappa shape index (κ2) is 9.22. The van der Waals surface area contributed by atoms with E-state index in [1.807, 2.05) is 0 Å². The monoisotopic (exact) mass is 555 g/mol. The van der Waals surface area contributed by atoms with E-state index in [-0.39, 0.29) is 34.4 Å². The molecule has 4 aliphatic carbocycles. The van der Waals surface area contributed by atoms with Crippen LogP contribution in [-0.4, -0.2) is 36.3 Å². The molecule has 4 bridgehead atoms. The third kappa shape index (κ3) is 4.50. The maximum absolute atomic E-state index is 13.5. The third-order valence-electron chi connectivity index (χ3n) is 8.66. The molecule has 39 heavy (non-hydrogen) atoms. The number of hydrogen-bond acceptors (Lipinski definition) is 7. The number of nitrogens with one attached hydrogen (secondary N) is 2. The molecule has 2 unspecified atom stereocenters. The molecule has 12 nitrogen and oxygen atoms in total. The number of nitro groups is 1. The Morgan fingerprint density at radius 1 is 1.26 bits per heavy atom. The Hall–Kier alpha value is -3.67. The van der Waals surface area contributed by atoms with Gasteiger partial charge in [-0.25, -0.2) is 0 Å². The van der Waals surface area contributed by atoms with E-state index in [2.05, 4.69) is 20.8 Å². The summed E-state index contributed by atoms with van der Waals surface area (Å²) in [5.74, 6) is 0.541. The van der Waals surface area contributed by atoms with Gasteiger partial charge in [0.05, 0.1) is 34.8 Å². The van der Waals surface area contributed by atoms with Crippen LogP contribution >= 0.6 is 11.6 Å². The molecular weight excluding hydrogens is 526 g/mol. The highest BCUT2D eigenvalue weighted by molar-refractivity contribution is 6.33. The Balaban J connectivity index is 1.21. The molecule has 0 aliphatic heterocycles. The third-order valence-corrected chi connectivity index (χ3v) is 9.10. The first-order valence-electron chi connectivity index (χ1n) is 13.1. The van der Waals surface area contributed by atoms with E-state index in [9.17, 15) is 19.7 Å². The Morgan fingerprint density at radius 3 is 2.64 bits per heavy atom. The van der Waals surface area contributed by atoms with Gasteiger partial charge in [-0.3, -0.25) is 14.3 Å². The van der Waals surface area contributed by atoms with Crippen LogP contribution in [0.2, 0.25) is 5.02 Å². The number of aryl methyl sites for hydroxylation is 1. The maximum Gasteiger partial charge on any atom is 0.408 e. The molecule has 0 spiro atoms. The molecule has 2 amide bonds. The summed E-state index contributed by atoms with van der Waals surface area (Å²) in [6, 6.07) is 3.50. The van der Waals surface area contributed by atoms with E-state index >= 15 is 0 Å². The first kappa shape index (κ1) is 25.6. The second-order valence-electron chi connectivity index (χ2n) is 11.6. The normalized spacial score (nSPS) is 27.1. The molecule has 4 aliphatic rings. The number of furan rings is 1. The summed E-state index contributed by atoms with van der Waals surface area (Å²) in [6.07, 6.45) is 8.87. The average Bonchev–Trinajstić information content (AvgIpc) is 3.56. The van der Waals surface area contributed by atoms with Crippen LogP contribution < -0.4 is 10.6 Å². The number of aromatic nitrogens is 4. The highest BCUT2D eigenvalue weighted by atomic mass is 35.5.